The molecular formula is C25H28ClFN2O5. The van der Waals surface area contributed by atoms with Crippen LogP contribution < -0.4 is 14.2 Å². The molecule has 34 heavy (non-hydrogen) atoms. The number of ether oxygens (including phenoxy) is 3. The van der Waals surface area contributed by atoms with Crippen LogP contribution in [0.4, 0.5) is 4.39 Å². The molecule has 1 heterocycles. The number of hydrogen-bond donors (Lipinski definition) is 1. The van der Waals surface area contributed by atoms with Gasteiger partial charge >= 0.3 is 5.97 Å². The molecule has 3 rings (SSSR count). The monoisotopic (exact) mass is 490 g/mol. The summed E-state index contributed by atoms with van der Waals surface area (Å²) >= 11 is 5.87. The molecule has 0 aliphatic carbocycles. The number of carbonyl (C=O) groups is 1. The summed E-state index contributed by atoms with van der Waals surface area (Å²) in [6.07, 6.45) is 0.986. The maximum absolute atomic E-state index is 14.3. The largest absolute Gasteiger partial charge is 0.493 e. The number of para-hydroxylation sites is 1. The molecule has 0 fully saturated rings. The lowest BCUT2D eigenvalue weighted by Gasteiger charge is -2.14. The molecule has 3 aromatic rings. The van der Waals surface area contributed by atoms with Crippen LogP contribution in [0.2, 0.25) is 5.02 Å². The van der Waals surface area contributed by atoms with Gasteiger partial charge in [0.2, 0.25) is 5.88 Å². The van der Waals surface area contributed by atoms with Crippen molar-refractivity contribution in [2.24, 2.45) is 0 Å². The predicted octanol–water partition coefficient (Wildman–Crippen LogP) is 5.16. The molecule has 9 heteroatoms. The van der Waals surface area contributed by atoms with E-state index in [9.17, 15) is 14.3 Å². The van der Waals surface area contributed by atoms with Crippen molar-refractivity contribution in [2.75, 3.05) is 13.7 Å². The highest BCUT2D eigenvalue weighted by atomic mass is 35.5. The Bertz CT molecular complexity index is 1130. The summed E-state index contributed by atoms with van der Waals surface area (Å²) in [6, 6.07) is 11.6. The van der Waals surface area contributed by atoms with E-state index in [0.29, 0.717) is 53.0 Å². The second kappa shape index (κ2) is 11.7. The van der Waals surface area contributed by atoms with Gasteiger partial charge in [0.15, 0.2) is 11.5 Å². The van der Waals surface area contributed by atoms with Crippen molar-refractivity contribution in [1.29, 1.82) is 0 Å². The first-order chi connectivity index (χ1) is 16.3. The quantitative estimate of drug-likeness (QED) is 0.353. The topological polar surface area (TPSA) is 82.8 Å². The van der Waals surface area contributed by atoms with Crippen molar-refractivity contribution in [3.63, 3.8) is 0 Å². The minimum Gasteiger partial charge on any atom is -0.493 e. The fraction of sp³-hybridized carbons (Fsp3) is 0.360. The van der Waals surface area contributed by atoms with Gasteiger partial charge in [-0.05, 0) is 44.9 Å². The number of aryl methyl sites for hydroxylation is 1. The van der Waals surface area contributed by atoms with E-state index < -0.39 is 11.8 Å². The van der Waals surface area contributed by atoms with Crippen LogP contribution >= 0.6 is 11.6 Å². The Labute approximate surface area is 203 Å². The van der Waals surface area contributed by atoms with Gasteiger partial charge in [0.05, 0.1) is 32.8 Å². The molecule has 0 amide bonds. The van der Waals surface area contributed by atoms with Crippen LogP contribution in [0.15, 0.2) is 42.5 Å². The fourth-order valence-corrected chi connectivity index (χ4v) is 3.65. The Balaban J connectivity index is 1.72. The molecule has 0 aliphatic heterocycles. The van der Waals surface area contributed by atoms with Crippen molar-refractivity contribution in [2.45, 2.75) is 45.8 Å². The predicted molar refractivity (Wildman–Crippen MR) is 127 cm³/mol. The average molecular weight is 491 g/mol. The van der Waals surface area contributed by atoms with Crippen molar-refractivity contribution in [3.05, 3.63) is 70.1 Å². The number of carboxylic acid groups (broad SMARTS) is 1. The number of carboxylic acids is 1. The minimum absolute atomic E-state index is 0.0509. The zero-order chi connectivity index (χ0) is 24.7. The second-order valence-electron chi connectivity index (χ2n) is 8.00. The summed E-state index contributed by atoms with van der Waals surface area (Å²) in [7, 11) is 1.51. The molecule has 0 aliphatic rings. The third kappa shape index (κ3) is 6.87. The normalized spacial score (nSPS) is 11.0. The highest BCUT2D eigenvalue weighted by molar-refractivity contribution is 6.30. The fourth-order valence-electron chi connectivity index (χ4n) is 3.49. The van der Waals surface area contributed by atoms with Gasteiger partial charge in [-0.2, -0.15) is 0 Å². The number of aliphatic carboxylic acids is 1. The van der Waals surface area contributed by atoms with E-state index in [4.69, 9.17) is 25.8 Å². The van der Waals surface area contributed by atoms with Gasteiger partial charge in [-0.15, -0.1) is 5.10 Å². The minimum atomic E-state index is -0.950. The van der Waals surface area contributed by atoms with Gasteiger partial charge in [-0.25, -0.2) is 4.39 Å². The maximum Gasteiger partial charge on any atom is 0.307 e. The van der Waals surface area contributed by atoms with Gasteiger partial charge in [-0.1, -0.05) is 29.8 Å². The van der Waals surface area contributed by atoms with Gasteiger partial charge in [0, 0.05) is 27.9 Å². The Morgan fingerprint density at radius 2 is 2.00 bits per heavy atom. The third-order valence-corrected chi connectivity index (χ3v) is 5.21. The SMILES string of the molecule is COc1cccc(CC(=O)O)c1OCCCc1cc(OC(C)C)nn1Cc1ccc(Cl)cc1F. The summed E-state index contributed by atoms with van der Waals surface area (Å²) in [5.41, 5.74) is 1.87. The lowest BCUT2D eigenvalue weighted by molar-refractivity contribution is -0.136. The van der Waals surface area contributed by atoms with Crippen LogP contribution in [-0.2, 0) is 24.2 Å². The van der Waals surface area contributed by atoms with E-state index in [1.165, 1.54) is 13.2 Å². The number of methoxy groups -OCH3 is 1. The molecule has 0 radical (unpaired) electrons. The Hall–Kier alpha value is -3.26. The Kier molecular flexibility index (Phi) is 8.76. The molecule has 0 atom stereocenters. The van der Waals surface area contributed by atoms with Crippen LogP contribution in [0.3, 0.4) is 0 Å². The highest BCUT2D eigenvalue weighted by Gasteiger charge is 2.15. The molecule has 1 aromatic heterocycles. The second-order valence-corrected chi connectivity index (χ2v) is 8.44. The number of nitrogens with zero attached hydrogens (tertiary/aromatic N) is 2. The standard InChI is InChI=1S/C25H28ClFN2O5/c1-16(2)34-23-14-20(29(28-23)15-18-9-10-19(26)13-21(18)27)7-5-11-33-25-17(12-24(30)31)6-4-8-22(25)32-3/h4,6,8-10,13-14,16H,5,7,11-12,15H2,1-3H3,(H,30,31). The number of hydrogen-bond acceptors (Lipinski definition) is 5. The summed E-state index contributed by atoms with van der Waals surface area (Å²) in [6.45, 7) is 4.38. The van der Waals surface area contributed by atoms with E-state index in [-0.39, 0.29) is 19.1 Å². The molecule has 0 bridgehead atoms. The van der Waals surface area contributed by atoms with Crippen molar-refractivity contribution in [3.8, 4) is 17.4 Å². The number of rotatable bonds is 12. The van der Waals surface area contributed by atoms with E-state index in [2.05, 4.69) is 5.10 Å². The summed E-state index contributed by atoms with van der Waals surface area (Å²) < 4.78 is 33.0. The van der Waals surface area contributed by atoms with Gasteiger partial charge in [0.1, 0.15) is 5.82 Å². The first kappa shape index (κ1) is 25.4. The Morgan fingerprint density at radius 1 is 1.21 bits per heavy atom. The molecular weight excluding hydrogens is 463 g/mol. The summed E-state index contributed by atoms with van der Waals surface area (Å²) in [5.74, 6) is 0.0243. The van der Waals surface area contributed by atoms with Crippen molar-refractivity contribution < 1.29 is 28.5 Å². The van der Waals surface area contributed by atoms with Crippen molar-refractivity contribution in [1.82, 2.24) is 9.78 Å². The maximum atomic E-state index is 14.3. The first-order valence-electron chi connectivity index (χ1n) is 10.9. The van der Waals surface area contributed by atoms with E-state index in [1.807, 2.05) is 19.9 Å². The number of benzene rings is 2. The third-order valence-electron chi connectivity index (χ3n) is 4.98. The molecule has 0 unspecified atom stereocenters. The molecule has 0 saturated heterocycles. The first-order valence-corrected chi connectivity index (χ1v) is 11.3. The number of aromatic nitrogens is 2. The average Bonchev–Trinajstić information content (AvgIpc) is 3.13. The van der Waals surface area contributed by atoms with E-state index >= 15 is 0 Å². The van der Waals surface area contributed by atoms with Crippen molar-refractivity contribution >= 4 is 17.6 Å². The van der Waals surface area contributed by atoms with E-state index in [1.54, 1.807) is 35.0 Å². The molecule has 182 valence electrons. The van der Waals surface area contributed by atoms with E-state index in [0.717, 1.165) is 5.69 Å². The van der Waals surface area contributed by atoms with Crippen LogP contribution in [0.25, 0.3) is 0 Å². The van der Waals surface area contributed by atoms with Gasteiger partial charge < -0.3 is 19.3 Å². The lowest BCUT2D eigenvalue weighted by Crippen LogP contribution is -2.11. The van der Waals surface area contributed by atoms with Crippen LogP contribution in [0.1, 0.15) is 37.1 Å². The van der Waals surface area contributed by atoms with Gasteiger partial charge in [-0.3, -0.25) is 9.48 Å². The Morgan fingerprint density at radius 3 is 2.68 bits per heavy atom. The molecule has 1 N–H and O–H groups in total. The van der Waals surface area contributed by atoms with Crippen LogP contribution in [0, 0.1) is 5.82 Å². The molecule has 7 nitrogen and oxygen atoms in total. The highest BCUT2D eigenvalue weighted by Crippen LogP contribution is 2.31. The van der Waals surface area contributed by atoms with Crippen LogP contribution in [0.5, 0.6) is 17.4 Å². The van der Waals surface area contributed by atoms with Crippen LogP contribution in [-0.4, -0.2) is 40.7 Å². The summed E-state index contributed by atoms with van der Waals surface area (Å²) in [4.78, 5) is 11.2. The zero-order valence-corrected chi connectivity index (χ0v) is 20.1. The smallest absolute Gasteiger partial charge is 0.307 e. The molecule has 2 aromatic carbocycles. The van der Waals surface area contributed by atoms with Gasteiger partial charge in [0.25, 0.3) is 0 Å². The molecule has 0 saturated carbocycles. The molecule has 0 spiro atoms. The zero-order valence-electron chi connectivity index (χ0n) is 19.4. The number of halogens is 2. The summed E-state index contributed by atoms with van der Waals surface area (Å²) in [5, 5.41) is 14.0. The lowest BCUT2D eigenvalue weighted by atomic mass is 10.1.